The lowest BCUT2D eigenvalue weighted by atomic mass is 10.1. The van der Waals surface area contributed by atoms with Crippen LogP contribution in [0.25, 0.3) is 0 Å². The Bertz CT molecular complexity index is 1030. The predicted molar refractivity (Wildman–Crippen MR) is 116 cm³/mol. The molecule has 1 aliphatic rings. The maximum Gasteiger partial charge on any atom is 0.255 e. The molecule has 3 aromatic rings. The van der Waals surface area contributed by atoms with Crippen molar-refractivity contribution >= 4 is 39.7 Å². The minimum absolute atomic E-state index is 0.170. The molecule has 0 aliphatic carbocycles. The van der Waals surface area contributed by atoms with Gasteiger partial charge in [0, 0.05) is 41.8 Å². The Morgan fingerprint density at radius 3 is 2.66 bits per heavy atom. The van der Waals surface area contributed by atoms with Crippen molar-refractivity contribution in [1.29, 1.82) is 0 Å². The summed E-state index contributed by atoms with van der Waals surface area (Å²) in [5.41, 5.74) is 4.15. The predicted octanol–water partition coefficient (Wildman–Crippen LogP) is 4.57. The summed E-state index contributed by atoms with van der Waals surface area (Å²) < 4.78 is 0. The van der Waals surface area contributed by atoms with E-state index in [-0.39, 0.29) is 11.8 Å². The fourth-order valence-electron chi connectivity index (χ4n) is 3.27. The summed E-state index contributed by atoms with van der Waals surface area (Å²) >= 11 is 1.54. The van der Waals surface area contributed by atoms with E-state index >= 15 is 0 Å². The molecule has 1 saturated heterocycles. The normalized spacial score (nSPS) is 13.6. The summed E-state index contributed by atoms with van der Waals surface area (Å²) in [7, 11) is 0. The first-order valence-electron chi connectivity index (χ1n) is 9.54. The Balaban J connectivity index is 1.38. The third-order valence-corrected chi connectivity index (χ3v) is 5.63. The van der Waals surface area contributed by atoms with Gasteiger partial charge in [0.2, 0.25) is 5.91 Å². The molecular formula is C22H22N4O2S. The lowest BCUT2D eigenvalue weighted by Crippen LogP contribution is -2.23. The minimum Gasteiger partial charge on any atom is -0.338 e. The van der Waals surface area contributed by atoms with E-state index in [9.17, 15) is 9.59 Å². The van der Waals surface area contributed by atoms with Gasteiger partial charge in [0.15, 0.2) is 5.13 Å². The van der Waals surface area contributed by atoms with E-state index in [1.54, 1.807) is 12.1 Å². The van der Waals surface area contributed by atoms with E-state index in [0.29, 0.717) is 24.2 Å². The number of carbonyl (C=O) groups is 2. The second-order valence-electron chi connectivity index (χ2n) is 7.07. The average Bonchev–Trinajstić information content (AvgIpc) is 3.30. The molecule has 0 unspecified atom stereocenters. The molecule has 0 spiro atoms. The lowest BCUT2D eigenvalue weighted by molar-refractivity contribution is -0.128. The molecule has 148 valence electrons. The molecule has 1 aliphatic heterocycles. The SMILES string of the molecule is Cc1csc(Nc2cccc(NC(=O)c3ccc(CN4CCCC4=O)cc3)c2)n1. The fourth-order valence-corrected chi connectivity index (χ4v) is 3.97. The van der Waals surface area contributed by atoms with Crippen LogP contribution in [0.1, 0.15) is 34.5 Å². The Morgan fingerprint density at radius 2 is 1.97 bits per heavy atom. The third-order valence-electron chi connectivity index (χ3n) is 4.75. The monoisotopic (exact) mass is 406 g/mol. The van der Waals surface area contributed by atoms with Gasteiger partial charge < -0.3 is 15.5 Å². The number of amides is 2. The number of nitrogens with zero attached hydrogens (tertiary/aromatic N) is 2. The van der Waals surface area contributed by atoms with Gasteiger partial charge in [-0.1, -0.05) is 18.2 Å². The standard InChI is InChI=1S/C22H22N4O2S/c1-15-14-29-22(23-15)25-19-5-2-4-18(12-19)24-21(28)17-9-7-16(8-10-17)13-26-11-3-6-20(26)27/h2,4-5,7-10,12,14H,3,6,11,13H2,1H3,(H,23,25)(H,24,28). The molecule has 0 saturated carbocycles. The number of hydrogen-bond donors (Lipinski definition) is 2. The topological polar surface area (TPSA) is 74.3 Å². The van der Waals surface area contributed by atoms with Crippen molar-refractivity contribution in [2.75, 3.05) is 17.2 Å². The van der Waals surface area contributed by atoms with E-state index in [4.69, 9.17) is 0 Å². The molecule has 1 aromatic heterocycles. The van der Waals surface area contributed by atoms with Crippen molar-refractivity contribution < 1.29 is 9.59 Å². The number of thiazole rings is 1. The zero-order valence-corrected chi connectivity index (χ0v) is 17.0. The van der Waals surface area contributed by atoms with E-state index in [1.165, 1.54) is 11.3 Å². The molecule has 0 atom stereocenters. The van der Waals surface area contributed by atoms with E-state index in [1.807, 2.05) is 53.6 Å². The van der Waals surface area contributed by atoms with Crippen LogP contribution >= 0.6 is 11.3 Å². The van der Waals surface area contributed by atoms with Crippen LogP contribution in [-0.2, 0) is 11.3 Å². The Morgan fingerprint density at radius 1 is 1.17 bits per heavy atom. The van der Waals surface area contributed by atoms with Crippen LogP contribution in [0.2, 0.25) is 0 Å². The Labute approximate surface area is 173 Å². The molecule has 0 radical (unpaired) electrons. The van der Waals surface area contributed by atoms with Crippen LogP contribution in [0.5, 0.6) is 0 Å². The molecular weight excluding hydrogens is 384 g/mol. The Kier molecular flexibility index (Phi) is 5.57. The van der Waals surface area contributed by atoms with Gasteiger partial charge in [0.25, 0.3) is 5.91 Å². The first-order chi connectivity index (χ1) is 14.1. The van der Waals surface area contributed by atoms with Gasteiger partial charge >= 0.3 is 0 Å². The lowest BCUT2D eigenvalue weighted by Gasteiger charge is -2.15. The number of likely N-dealkylation sites (tertiary alicyclic amines) is 1. The first kappa shape index (κ1) is 19.1. The molecule has 29 heavy (non-hydrogen) atoms. The molecule has 2 N–H and O–H groups in total. The van der Waals surface area contributed by atoms with Gasteiger partial charge in [-0.05, 0) is 49.2 Å². The van der Waals surface area contributed by atoms with E-state index in [0.717, 1.165) is 35.0 Å². The molecule has 1 fully saturated rings. The number of anilines is 3. The highest BCUT2D eigenvalue weighted by molar-refractivity contribution is 7.13. The maximum absolute atomic E-state index is 12.6. The number of carbonyl (C=O) groups excluding carboxylic acids is 2. The highest BCUT2D eigenvalue weighted by atomic mass is 32.1. The quantitative estimate of drug-likeness (QED) is 0.629. The van der Waals surface area contributed by atoms with Gasteiger partial charge in [-0.3, -0.25) is 9.59 Å². The zero-order valence-electron chi connectivity index (χ0n) is 16.1. The van der Waals surface area contributed by atoms with Crippen molar-refractivity contribution in [1.82, 2.24) is 9.88 Å². The summed E-state index contributed by atoms with van der Waals surface area (Å²) in [5.74, 6) is 0.0317. The van der Waals surface area contributed by atoms with Crippen LogP contribution in [0.3, 0.4) is 0 Å². The largest absolute Gasteiger partial charge is 0.338 e. The van der Waals surface area contributed by atoms with Crippen molar-refractivity contribution in [2.45, 2.75) is 26.3 Å². The average molecular weight is 407 g/mol. The second-order valence-corrected chi connectivity index (χ2v) is 7.93. The number of aryl methyl sites for hydroxylation is 1. The van der Waals surface area contributed by atoms with E-state index in [2.05, 4.69) is 15.6 Å². The molecule has 2 heterocycles. The third kappa shape index (κ3) is 4.81. The van der Waals surface area contributed by atoms with Crippen LogP contribution in [0.4, 0.5) is 16.5 Å². The maximum atomic E-state index is 12.6. The van der Waals surface area contributed by atoms with Crippen molar-refractivity contribution in [2.24, 2.45) is 0 Å². The summed E-state index contributed by atoms with van der Waals surface area (Å²) in [4.78, 5) is 30.6. The van der Waals surface area contributed by atoms with Crippen molar-refractivity contribution in [3.63, 3.8) is 0 Å². The van der Waals surface area contributed by atoms with Gasteiger partial charge in [-0.25, -0.2) is 4.98 Å². The molecule has 2 aromatic carbocycles. The highest BCUT2D eigenvalue weighted by Crippen LogP contribution is 2.23. The number of aromatic nitrogens is 1. The smallest absolute Gasteiger partial charge is 0.255 e. The second kappa shape index (κ2) is 8.45. The van der Waals surface area contributed by atoms with Crippen molar-refractivity contribution in [3.8, 4) is 0 Å². The van der Waals surface area contributed by atoms with Crippen LogP contribution < -0.4 is 10.6 Å². The Hall–Kier alpha value is -3.19. The van der Waals surface area contributed by atoms with Gasteiger partial charge in [0.05, 0.1) is 5.69 Å². The number of hydrogen-bond acceptors (Lipinski definition) is 5. The van der Waals surface area contributed by atoms with Gasteiger partial charge in [0.1, 0.15) is 0 Å². The van der Waals surface area contributed by atoms with Gasteiger partial charge in [-0.2, -0.15) is 0 Å². The van der Waals surface area contributed by atoms with Crippen LogP contribution in [-0.4, -0.2) is 28.2 Å². The summed E-state index contributed by atoms with van der Waals surface area (Å²) in [5, 5.41) is 8.98. The molecule has 0 bridgehead atoms. The highest BCUT2D eigenvalue weighted by Gasteiger charge is 2.20. The molecule has 7 heteroatoms. The molecule has 6 nitrogen and oxygen atoms in total. The van der Waals surface area contributed by atoms with E-state index < -0.39 is 0 Å². The molecule has 4 rings (SSSR count). The summed E-state index contributed by atoms with van der Waals surface area (Å²) in [6.07, 6.45) is 1.56. The van der Waals surface area contributed by atoms with Crippen LogP contribution in [0, 0.1) is 6.92 Å². The number of benzene rings is 2. The van der Waals surface area contributed by atoms with Crippen LogP contribution in [0.15, 0.2) is 53.9 Å². The minimum atomic E-state index is -0.170. The number of nitrogens with one attached hydrogen (secondary N) is 2. The van der Waals surface area contributed by atoms with Crippen molar-refractivity contribution in [3.05, 3.63) is 70.7 Å². The first-order valence-corrected chi connectivity index (χ1v) is 10.4. The summed E-state index contributed by atoms with van der Waals surface area (Å²) in [6, 6.07) is 14.9. The number of rotatable bonds is 6. The molecule has 2 amide bonds. The fraction of sp³-hybridized carbons (Fsp3) is 0.227. The zero-order chi connectivity index (χ0) is 20.2. The summed E-state index contributed by atoms with van der Waals surface area (Å²) in [6.45, 7) is 3.36. The van der Waals surface area contributed by atoms with Gasteiger partial charge in [-0.15, -0.1) is 11.3 Å².